The van der Waals surface area contributed by atoms with E-state index in [0.29, 0.717) is 5.92 Å². The lowest BCUT2D eigenvalue weighted by Gasteiger charge is -2.07. The maximum Gasteiger partial charge on any atom is 0.118 e. The molecule has 0 spiro atoms. The van der Waals surface area contributed by atoms with Crippen molar-refractivity contribution in [2.45, 2.75) is 26.7 Å². The van der Waals surface area contributed by atoms with Crippen molar-refractivity contribution in [3.63, 3.8) is 0 Å². The second-order valence-electron chi connectivity index (χ2n) is 5.01. The molecular formula is C16H21NO. The third-order valence-electron chi connectivity index (χ3n) is 3.58. The first-order chi connectivity index (χ1) is 8.54. The van der Waals surface area contributed by atoms with E-state index in [1.54, 1.807) is 7.11 Å². The summed E-state index contributed by atoms with van der Waals surface area (Å²) in [6.45, 7) is 6.66. The smallest absolute Gasteiger partial charge is 0.118 e. The van der Waals surface area contributed by atoms with Gasteiger partial charge in [-0.2, -0.15) is 0 Å². The zero-order valence-corrected chi connectivity index (χ0v) is 11.8. The quantitative estimate of drug-likeness (QED) is 0.790. The molecule has 1 aromatic carbocycles. The van der Waals surface area contributed by atoms with Crippen LogP contribution in [0.3, 0.4) is 0 Å². The van der Waals surface area contributed by atoms with E-state index in [9.17, 15) is 0 Å². The Morgan fingerprint density at radius 3 is 2.17 bits per heavy atom. The van der Waals surface area contributed by atoms with Gasteiger partial charge in [-0.15, -0.1) is 0 Å². The molecule has 0 amide bonds. The van der Waals surface area contributed by atoms with E-state index in [0.717, 1.165) is 5.75 Å². The molecule has 0 aliphatic heterocycles. The van der Waals surface area contributed by atoms with Crippen molar-refractivity contribution in [2.24, 2.45) is 7.05 Å². The summed E-state index contributed by atoms with van der Waals surface area (Å²) in [7, 11) is 3.82. The predicted molar refractivity (Wildman–Crippen MR) is 76.2 cm³/mol. The van der Waals surface area contributed by atoms with Gasteiger partial charge in [0.15, 0.2) is 0 Å². The third kappa shape index (κ3) is 2.15. The summed E-state index contributed by atoms with van der Waals surface area (Å²) in [4.78, 5) is 0. The molecule has 0 unspecified atom stereocenters. The Labute approximate surface area is 109 Å². The lowest BCUT2D eigenvalue weighted by Crippen LogP contribution is -1.96. The van der Waals surface area contributed by atoms with E-state index < -0.39 is 0 Å². The van der Waals surface area contributed by atoms with Crippen LogP contribution in [0.5, 0.6) is 5.75 Å². The van der Waals surface area contributed by atoms with Crippen LogP contribution < -0.4 is 4.74 Å². The van der Waals surface area contributed by atoms with Crippen LogP contribution in [-0.2, 0) is 7.05 Å². The van der Waals surface area contributed by atoms with Gasteiger partial charge < -0.3 is 9.30 Å². The zero-order chi connectivity index (χ0) is 13.3. The average Bonchev–Trinajstić information content (AvgIpc) is 2.67. The summed E-state index contributed by atoms with van der Waals surface area (Å²) >= 11 is 0. The first-order valence-corrected chi connectivity index (χ1v) is 6.35. The molecule has 0 saturated heterocycles. The summed E-state index contributed by atoms with van der Waals surface area (Å²) in [5.41, 5.74) is 5.26. The highest BCUT2D eigenvalue weighted by Crippen LogP contribution is 2.29. The maximum absolute atomic E-state index is 5.20. The fraction of sp³-hybridized carbons (Fsp3) is 0.375. The van der Waals surface area contributed by atoms with Gasteiger partial charge in [0.05, 0.1) is 7.11 Å². The number of hydrogen-bond acceptors (Lipinski definition) is 1. The molecule has 1 heterocycles. The van der Waals surface area contributed by atoms with Crippen molar-refractivity contribution in [2.75, 3.05) is 7.11 Å². The molecule has 0 atom stereocenters. The van der Waals surface area contributed by atoms with Crippen molar-refractivity contribution in [3.05, 3.63) is 41.6 Å². The van der Waals surface area contributed by atoms with Gasteiger partial charge in [-0.3, -0.25) is 0 Å². The first kappa shape index (κ1) is 12.7. The van der Waals surface area contributed by atoms with Crippen molar-refractivity contribution in [1.82, 2.24) is 4.57 Å². The largest absolute Gasteiger partial charge is 0.497 e. The maximum atomic E-state index is 5.20. The minimum absolute atomic E-state index is 0.559. The monoisotopic (exact) mass is 243 g/mol. The number of methoxy groups -OCH3 is 1. The van der Waals surface area contributed by atoms with E-state index in [4.69, 9.17) is 4.74 Å². The van der Waals surface area contributed by atoms with Gasteiger partial charge in [0.25, 0.3) is 0 Å². The van der Waals surface area contributed by atoms with Gasteiger partial charge in [-0.25, -0.2) is 0 Å². The molecule has 0 N–H and O–H groups in total. The van der Waals surface area contributed by atoms with Crippen molar-refractivity contribution < 1.29 is 4.74 Å². The lowest BCUT2D eigenvalue weighted by molar-refractivity contribution is 0.415. The molecule has 96 valence electrons. The normalized spacial score (nSPS) is 11.0. The molecule has 0 aliphatic carbocycles. The number of hydrogen-bond donors (Lipinski definition) is 0. The van der Waals surface area contributed by atoms with E-state index in [2.05, 4.69) is 50.6 Å². The summed E-state index contributed by atoms with van der Waals surface area (Å²) < 4.78 is 7.46. The highest BCUT2D eigenvalue weighted by atomic mass is 16.5. The van der Waals surface area contributed by atoms with Crippen LogP contribution in [0.4, 0.5) is 0 Å². The Bertz CT molecular complexity index is 535. The van der Waals surface area contributed by atoms with E-state index in [1.807, 2.05) is 12.1 Å². The molecule has 0 radical (unpaired) electrons. The number of ether oxygens (including phenoxy) is 1. The Morgan fingerprint density at radius 1 is 1.11 bits per heavy atom. The topological polar surface area (TPSA) is 14.2 Å². The molecule has 2 aromatic rings. The van der Waals surface area contributed by atoms with Gasteiger partial charge in [0, 0.05) is 18.4 Å². The van der Waals surface area contributed by atoms with Gasteiger partial charge in [-0.1, -0.05) is 13.8 Å². The Morgan fingerprint density at radius 2 is 1.72 bits per heavy atom. The van der Waals surface area contributed by atoms with Gasteiger partial charge in [0.2, 0.25) is 0 Å². The van der Waals surface area contributed by atoms with Gasteiger partial charge in [0.1, 0.15) is 5.75 Å². The van der Waals surface area contributed by atoms with Gasteiger partial charge >= 0.3 is 0 Å². The van der Waals surface area contributed by atoms with Crippen LogP contribution in [0.1, 0.15) is 31.0 Å². The van der Waals surface area contributed by atoms with Crippen molar-refractivity contribution in [1.29, 1.82) is 0 Å². The van der Waals surface area contributed by atoms with Crippen molar-refractivity contribution in [3.8, 4) is 17.0 Å². The van der Waals surface area contributed by atoms with Crippen LogP contribution in [0, 0.1) is 6.92 Å². The molecule has 0 bridgehead atoms. The number of aromatic nitrogens is 1. The standard InChI is InChI=1S/C16H21NO/c1-11(2)15-10-16(17(4)12(15)3)13-6-8-14(18-5)9-7-13/h6-11H,1-5H3. The summed E-state index contributed by atoms with van der Waals surface area (Å²) in [6, 6.07) is 10.5. The van der Waals surface area contributed by atoms with Crippen LogP contribution in [-0.4, -0.2) is 11.7 Å². The number of nitrogens with zero attached hydrogens (tertiary/aromatic N) is 1. The fourth-order valence-electron chi connectivity index (χ4n) is 2.35. The number of benzene rings is 1. The summed E-state index contributed by atoms with van der Waals surface area (Å²) in [6.07, 6.45) is 0. The van der Waals surface area contributed by atoms with E-state index in [1.165, 1.54) is 22.5 Å². The zero-order valence-electron chi connectivity index (χ0n) is 11.8. The van der Waals surface area contributed by atoms with Crippen LogP contribution >= 0.6 is 0 Å². The molecule has 1 aromatic heterocycles. The van der Waals surface area contributed by atoms with Gasteiger partial charge in [-0.05, 0) is 54.3 Å². The summed E-state index contributed by atoms with van der Waals surface area (Å²) in [5.74, 6) is 1.46. The molecule has 0 aliphatic rings. The fourth-order valence-corrected chi connectivity index (χ4v) is 2.35. The van der Waals surface area contributed by atoms with Crippen LogP contribution in [0.15, 0.2) is 30.3 Å². The molecule has 2 nitrogen and oxygen atoms in total. The molecular weight excluding hydrogens is 222 g/mol. The molecule has 2 heteroatoms. The minimum atomic E-state index is 0.559. The molecule has 0 fully saturated rings. The minimum Gasteiger partial charge on any atom is -0.497 e. The average molecular weight is 243 g/mol. The highest BCUT2D eigenvalue weighted by molar-refractivity contribution is 5.63. The third-order valence-corrected chi connectivity index (χ3v) is 3.58. The second kappa shape index (κ2) is 4.89. The second-order valence-corrected chi connectivity index (χ2v) is 5.01. The summed E-state index contributed by atoms with van der Waals surface area (Å²) in [5, 5.41) is 0. The molecule has 18 heavy (non-hydrogen) atoms. The highest BCUT2D eigenvalue weighted by Gasteiger charge is 2.12. The van der Waals surface area contributed by atoms with E-state index in [-0.39, 0.29) is 0 Å². The van der Waals surface area contributed by atoms with Crippen molar-refractivity contribution >= 4 is 0 Å². The van der Waals surface area contributed by atoms with E-state index >= 15 is 0 Å². The van der Waals surface area contributed by atoms with Crippen LogP contribution in [0.25, 0.3) is 11.3 Å². The first-order valence-electron chi connectivity index (χ1n) is 6.35. The molecule has 2 rings (SSSR count). The number of rotatable bonds is 3. The predicted octanol–water partition coefficient (Wildman–Crippen LogP) is 4.13. The Balaban J connectivity index is 2.47. The van der Waals surface area contributed by atoms with Crippen LogP contribution in [0.2, 0.25) is 0 Å². The SMILES string of the molecule is COc1ccc(-c2cc(C(C)C)c(C)n2C)cc1. The molecule has 0 saturated carbocycles. The lowest BCUT2D eigenvalue weighted by atomic mass is 10.0. The Kier molecular flexibility index (Phi) is 3.46. The Hall–Kier alpha value is -1.70.